The number of aromatic nitrogens is 3. The zero-order chi connectivity index (χ0) is 14.4. The van der Waals surface area contributed by atoms with Crippen molar-refractivity contribution < 1.29 is 4.52 Å². The smallest absolute Gasteiger partial charge is 0.133 e. The topological polar surface area (TPSA) is 58.3 Å². The number of piperazine rings is 1. The minimum absolute atomic E-state index is 0.594. The molecule has 6 heteroatoms. The summed E-state index contributed by atoms with van der Waals surface area (Å²) in [6.45, 7) is 6.83. The number of piperidine rings is 1. The number of nitrogens with zero attached hydrogens (tertiary/aromatic N) is 5. The molecule has 6 nitrogen and oxygen atoms in total. The summed E-state index contributed by atoms with van der Waals surface area (Å²) in [4.78, 5) is 13.6. The van der Waals surface area contributed by atoms with E-state index in [4.69, 9.17) is 4.52 Å². The fraction of sp³-hybridized carbons (Fsp3) is 0.533. The van der Waals surface area contributed by atoms with Crippen LogP contribution in [0.3, 0.4) is 0 Å². The molecule has 110 valence electrons. The van der Waals surface area contributed by atoms with Gasteiger partial charge in [-0.25, -0.2) is 9.97 Å². The maximum Gasteiger partial charge on any atom is 0.133 e. The molecule has 2 aromatic heterocycles. The van der Waals surface area contributed by atoms with E-state index in [1.807, 2.05) is 32.2 Å². The van der Waals surface area contributed by atoms with E-state index in [0.717, 1.165) is 42.7 Å². The Morgan fingerprint density at radius 1 is 1.29 bits per heavy atom. The summed E-state index contributed by atoms with van der Waals surface area (Å²) >= 11 is 0. The molecular weight excluding hydrogens is 266 g/mol. The summed E-state index contributed by atoms with van der Waals surface area (Å²) in [5.41, 5.74) is 1.04. The highest BCUT2D eigenvalue weighted by Gasteiger charge is 2.45. The van der Waals surface area contributed by atoms with Gasteiger partial charge in [-0.15, -0.1) is 0 Å². The molecule has 0 saturated carbocycles. The molecule has 5 heterocycles. The van der Waals surface area contributed by atoms with Gasteiger partial charge in [0.2, 0.25) is 0 Å². The zero-order valence-corrected chi connectivity index (χ0v) is 12.4. The zero-order valence-electron chi connectivity index (χ0n) is 12.4. The number of rotatable bonds is 3. The minimum atomic E-state index is 0.594. The average Bonchev–Trinajstić information content (AvgIpc) is 2.90. The van der Waals surface area contributed by atoms with Crippen LogP contribution < -0.4 is 4.90 Å². The van der Waals surface area contributed by atoms with Gasteiger partial charge in [0.05, 0.1) is 5.69 Å². The van der Waals surface area contributed by atoms with Crippen LogP contribution in [0.5, 0.6) is 0 Å². The Morgan fingerprint density at radius 2 is 2.10 bits per heavy atom. The SMILES string of the molecule is Cc1nccc(N2CC3CC(C2)N3Cc2cc(C)on2)n1. The van der Waals surface area contributed by atoms with E-state index < -0.39 is 0 Å². The summed E-state index contributed by atoms with van der Waals surface area (Å²) < 4.78 is 5.16. The highest BCUT2D eigenvalue weighted by molar-refractivity contribution is 5.40. The molecule has 5 rings (SSSR count). The number of hydrogen-bond donors (Lipinski definition) is 0. The molecule has 2 bridgehead atoms. The Kier molecular flexibility index (Phi) is 2.92. The fourth-order valence-corrected chi connectivity index (χ4v) is 3.43. The molecule has 0 aliphatic carbocycles. The molecule has 0 amide bonds. The van der Waals surface area contributed by atoms with Crippen molar-refractivity contribution >= 4 is 5.82 Å². The second-order valence-electron chi connectivity index (χ2n) is 6.01. The summed E-state index contributed by atoms with van der Waals surface area (Å²) in [6.07, 6.45) is 3.12. The van der Waals surface area contributed by atoms with Crippen molar-refractivity contribution in [3.8, 4) is 0 Å². The van der Waals surface area contributed by atoms with Gasteiger partial charge in [-0.2, -0.15) is 0 Å². The van der Waals surface area contributed by atoms with Crippen LogP contribution in [0.2, 0.25) is 0 Å². The van der Waals surface area contributed by atoms with E-state index in [9.17, 15) is 0 Å². The van der Waals surface area contributed by atoms with E-state index >= 15 is 0 Å². The molecule has 3 fully saturated rings. The molecule has 21 heavy (non-hydrogen) atoms. The predicted molar refractivity (Wildman–Crippen MR) is 78.0 cm³/mol. The molecule has 0 spiro atoms. The number of aryl methyl sites for hydroxylation is 2. The van der Waals surface area contributed by atoms with Crippen LogP contribution in [0.15, 0.2) is 22.9 Å². The molecule has 3 aliphatic heterocycles. The number of fused-ring (bicyclic) bond motifs is 2. The Labute approximate surface area is 123 Å². The third-order valence-corrected chi connectivity index (χ3v) is 4.45. The van der Waals surface area contributed by atoms with Crippen LogP contribution in [0.25, 0.3) is 0 Å². The van der Waals surface area contributed by atoms with Gasteiger partial charge in [-0.1, -0.05) is 5.16 Å². The van der Waals surface area contributed by atoms with Gasteiger partial charge in [0, 0.05) is 44.0 Å². The Morgan fingerprint density at radius 3 is 2.76 bits per heavy atom. The number of hydrogen-bond acceptors (Lipinski definition) is 6. The summed E-state index contributed by atoms with van der Waals surface area (Å²) in [5, 5.41) is 4.10. The van der Waals surface area contributed by atoms with E-state index in [1.165, 1.54) is 6.42 Å². The second-order valence-corrected chi connectivity index (χ2v) is 6.01. The van der Waals surface area contributed by atoms with Gasteiger partial charge >= 0.3 is 0 Å². The lowest BCUT2D eigenvalue weighted by atomic mass is 9.87. The van der Waals surface area contributed by atoms with Crippen molar-refractivity contribution in [1.29, 1.82) is 0 Å². The molecule has 3 aliphatic rings. The molecule has 2 unspecified atom stereocenters. The van der Waals surface area contributed by atoms with E-state index in [0.29, 0.717) is 12.1 Å². The first kappa shape index (κ1) is 12.8. The van der Waals surface area contributed by atoms with Gasteiger partial charge in [0.25, 0.3) is 0 Å². The van der Waals surface area contributed by atoms with Crippen molar-refractivity contribution in [3.05, 3.63) is 35.6 Å². The van der Waals surface area contributed by atoms with Gasteiger partial charge < -0.3 is 9.42 Å². The van der Waals surface area contributed by atoms with Crippen LogP contribution >= 0.6 is 0 Å². The first-order valence-electron chi connectivity index (χ1n) is 7.41. The Hall–Kier alpha value is -1.95. The fourth-order valence-electron chi connectivity index (χ4n) is 3.43. The van der Waals surface area contributed by atoms with Gasteiger partial charge in [0.15, 0.2) is 0 Å². The van der Waals surface area contributed by atoms with Crippen molar-refractivity contribution in [2.75, 3.05) is 18.0 Å². The normalized spacial score (nSPS) is 25.0. The van der Waals surface area contributed by atoms with Crippen molar-refractivity contribution in [2.24, 2.45) is 0 Å². The molecular formula is C15H19N5O. The molecule has 0 N–H and O–H groups in total. The van der Waals surface area contributed by atoms with Crippen molar-refractivity contribution in [2.45, 2.75) is 38.9 Å². The first-order valence-corrected chi connectivity index (χ1v) is 7.41. The van der Waals surface area contributed by atoms with E-state index in [2.05, 4.69) is 24.9 Å². The van der Waals surface area contributed by atoms with Crippen LogP contribution in [0, 0.1) is 13.8 Å². The summed E-state index contributed by atoms with van der Waals surface area (Å²) in [5.74, 6) is 2.77. The van der Waals surface area contributed by atoms with Gasteiger partial charge in [0.1, 0.15) is 17.4 Å². The van der Waals surface area contributed by atoms with Gasteiger partial charge in [-0.05, 0) is 26.3 Å². The minimum Gasteiger partial charge on any atom is -0.361 e. The monoisotopic (exact) mass is 285 g/mol. The van der Waals surface area contributed by atoms with Gasteiger partial charge in [-0.3, -0.25) is 4.90 Å². The molecule has 2 aromatic rings. The highest BCUT2D eigenvalue weighted by atomic mass is 16.5. The Balaban J connectivity index is 1.44. The Bertz CT molecular complexity index is 643. The highest BCUT2D eigenvalue weighted by Crippen LogP contribution is 2.35. The van der Waals surface area contributed by atoms with E-state index in [-0.39, 0.29) is 0 Å². The van der Waals surface area contributed by atoms with Crippen LogP contribution in [0.4, 0.5) is 5.82 Å². The maximum absolute atomic E-state index is 5.16. The molecule has 0 radical (unpaired) electrons. The number of anilines is 1. The third-order valence-electron chi connectivity index (χ3n) is 4.45. The summed E-state index contributed by atoms with van der Waals surface area (Å²) in [6, 6.07) is 5.22. The van der Waals surface area contributed by atoms with E-state index in [1.54, 1.807) is 0 Å². The van der Waals surface area contributed by atoms with Crippen LogP contribution in [-0.4, -0.2) is 45.2 Å². The predicted octanol–water partition coefficient (Wildman–Crippen LogP) is 1.54. The lowest BCUT2D eigenvalue weighted by molar-refractivity contribution is -0.0103. The molecule has 2 atom stereocenters. The summed E-state index contributed by atoms with van der Waals surface area (Å²) in [7, 11) is 0. The quantitative estimate of drug-likeness (QED) is 0.852. The van der Waals surface area contributed by atoms with Crippen molar-refractivity contribution in [3.63, 3.8) is 0 Å². The maximum atomic E-state index is 5.16. The first-order chi connectivity index (χ1) is 10.2. The lowest BCUT2D eigenvalue weighted by Gasteiger charge is -2.56. The van der Waals surface area contributed by atoms with Crippen LogP contribution in [0.1, 0.15) is 23.7 Å². The van der Waals surface area contributed by atoms with Crippen molar-refractivity contribution in [1.82, 2.24) is 20.0 Å². The second kappa shape index (κ2) is 4.80. The molecule has 3 saturated heterocycles. The average molecular weight is 285 g/mol. The molecule has 0 aromatic carbocycles. The third kappa shape index (κ3) is 2.29. The lowest BCUT2D eigenvalue weighted by Crippen LogP contribution is -2.68. The van der Waals surface area contributed by atoms with Crippen LogP contribution in [-0.2, 0) is 6.54 Å². The standard InChI is InChI=1S/C15H19N5O/c1-10-5-12(18-21-10)7-20-13-6-14(20)9-19(8-13)15-3-4-16-11(2)17-15/h3-5,13-14H,6-9H2,1-2H3. The largest absolute Gasteiger partial charge is 0.361 e.